The van der Waals surface area contributed by atoms with Crippen LogP contribution in [0.5, 0.6) is 5.75 Å². The summed E-state index contributed by atoms with van der Waals surface area (Å²) < 4.78 is 39.6. The summed E-state index contributed by atoms with van der Waals surface area (Å²) in [5, 5.41) is -0.278. The zero-order valence-corrected chi connectivity index (χ0v) is 8.06. The lowest BCUT2D eigenvalue weighted by molar-refractivity contribution is -0.275. The highest BCUT2D eigenvalue weighted by atomic mass is 35.5. The average molecular weight is 242 g/mol. The van der Waals surface area contributed by atoms with E-state index in [4.69, 9.17) is 23.1 Å². The number of nitrogens with two attached hydrogens (primary N) is 2. The van der Waals surface area contributed by atoms with Crippen molar-refractivity contribution in [1.82, 2.24) is 4.98 Å². The van der Waals surface area contributed by atoms with Crippen LogP contribution in [-0.4, -0.2) is 11.3 Å². The first-order chi connectivity index (χ1) is 6.83. The standard InChI is InChI=1S/C7H7ClF3N3O/c8-3-1-5(13)14-4(2-12)6(3)15-7(9,10)11/h1H,2,12H2,(H2,13,14). The first-order valence-electron chi connectivity index (χ1n) is 3.74. The second kappa shape index (κ2) is 4.11. The molecule has 1 rings (SSSR count). The van der Waals surface area contributed by atoms with Crippen LogP contribution >= 0.6 is 11.6 Å². The molecule has 0 saturated heterocycles. The van der Waals surface area contributed by atoms with Crippen LogP contribution in [0, 0.1) is 0 Å². The van der Waals surface area contributed by atoms with Crippen molar-refractivity contribution in [2.24, 2.45) is 5.73 Å². The maximum atomic E-state index is 12.0. The summed E-state index contributed by atoms with van der Waals surface area (Å²) >= 11 is 5.52. The van der Waals surface area contributed by atoms with Gasteiger partial charge in [-0.15, -0.1) is 13.2 Å². The van der Waals surface area contributed by atoms with E-state index in [0.717, 1.165) is 6.07 Å². The molecule has 15 heavy (non-hydrogen) atoms. The minimum Gasteiger partial charge on any atom is -0.402 e. The van der Waals surface area contributed by atoms with Gasteiger partial charge in [0.05, 0.1) is 5.02 Å². The molecule has 0 fully saturated rings. The van der Waals surface area contributed by atoms with E-state index in [1.807, 2.05) is 0 Å². The Hall–Kier alpha value is -1.21. The molecular formula is C7H7ClF3N3O. The molecule has 0 aliphatic rings. The van der Waals surface area contributed by atoms with Crippen LogP contribution in [0.3, 0.4) is 0 Å². The number of rotatable bonds is 2. The van der Waals surface area contributed by atoms with Gasteiger partial charge in [-0.1, -0.05) is 11.6 Å². The Morgan fingerprint density at radius 2 is 2.07 bits per heavy atom. The molecule has 0 bridgehead atoms. The van der Waals surface area contributed by atoms with E-state index < -0.39 is 12.1 Å². The monoisotopic (exact) mass is 241 g/mol. The number of hydrogen-bond donors (Lipinski definition) is 2. The van der Waals surface area contributed by atoms with Crippen LogP contribution in [-0.2, 0) is 6.54 Å². The molecule has 8 heteroatoms. The Balaban J connectivity index is 3.15. The van der Waals surface area contributed by atoms with Crippen LogP contribution in [0.2, 0.25) is 5.02 Å². The number of nitrogens with zero attached hydrogens (tertiary/aromatic N) is 1. The Labute approximate surface area is 88.0 Å². The molecule has 1 aromatic rings. The van der Waals surface area contributed by atoms with Gasteiger partial charge in [-0.3, -0.25) is 0 Å². The summed E-state index contributed by atoms with van der Waals surface area (Å²) in [6, 6.07) is 1.06. The zero-order chi connectivity index (χ0) is 11.6. The molecule has 1 aromatic heterocycles. The van der Waals surface area contributed by atoms with Crippen molar-refractivity contribution in [3.63, 3.8) is 0 Å². The fourth-order valence-corrected chi connectivity index (χ4v) is 1.19. The Kier molecular flexibility index (Phi) is 3.25. The summed E-state index contributed by atoms with van der Waals surface area (Å²) in [4.78, 5) is 3.58. The predicted molar refractivity (Wildman–Crippen MR) is 48.2 cm³/mol. The number of aromatic nitrogens is 1. The van der Waals surface area contributed by atoms with Crippen molar-refractivity contribution in [3.05, 3.63) is 16.8 Å². The van der Waals surface area contributed by atoms with E-state index in [1.54, 1.807) is 0 Å². The van der Waals surface area contributed by atoms with E-state index in [0.29, 0.717) is 0 Å². The van der Waals surface area contributed by atoms with Gasteiger partial charge in [0.1, 0.15) is 11.5 Å². The van der Waals surface area contributed by atoms with Gasteiger partial charge in [0.2, 0.25) is 0 Å². The first-order valence-corrected chi connectivity index (χ1v) is 4.12. The summed E-state index contributed by atoms with van der Waals surface area (Å²) in [7, 11) is 0. The fourth-order valence-electron chi connectivity index (χ4n) is 0.934. The fraction of sp³-hybridized carbons (Fsp3) is 0.286. The number of hydrogen-bond acceptors (Lipinski definition) is 4. The van der Waals surface area contributed by atoms with Gasteiger partial charge < -0.3 is 16.2 Å². The number of alkyl halides is 3. The van der Waals surface area contributed by atoms with Gasteiger partial charge >= 0.3 is 6.36 Å². The van der Waals surface area contributed by atoms with E-state index in [-0.39, 0.29) is 23.1 Å². The molecule has 84 valence electrons. The summed E-state index contributed by atoms with van der Waals surface area (Å²) in [6.07, 6.45) is -4.84. The molecule has 0 unspecified atom stereocenters. The van der Waals surface area contributed by atoms with Crippen LogP contribution < -0.4 is 16.2 Å². The number of ether oxygens (including phenoxy) is 1. The number of nitrogen functional groups attached to an aromatic ring is 1. The molecular weight excluding hydrogens is 235 g/mol. The van der Waals surface area contributed by atoms with Gasteiger partial charge in [0, 0.05) is 12.6 Å². The largest absolute Gasteiger partial charge is 0.573 e. The van der Waals surface area contributed by atoms with Crippen molar-refractivity contribution in [2.45, 2.75) is 12.9 Å². The number of pyridine rings is 1. The second-order valence-electron chi connectivity index (χ2n) is 2.56. The smallest absolute Gasteiger partial charge is 0.402 e. The van der Waals surface area contributed by atoms with Gasteiger partial charge in [-0.05, 0) is 0 Å². The molecule has 4 N–H and O–H groups in total. The molecule has 0 aliphatic carbocycles. The predicted octanol–water partition coefficient (Wildman–Crippen LogP) is 1.67. The number of anilines is 1. The van der Waals surface area contributed by atoms with Crippen LogP contribution in [0.15, 0.2) is 6.07 Å². The SMILES string of the molecule is NCc1nc(N)cc(Cl)c1OC(F)(F)F. The normalized spacial score (nSPS) is 11.5. The van der Waals surface area contributed by atoms with Gasteiger partial charge in [-0.25, -0.2) is 4.98 Å². The van der Waals surface area contributed by atoms with Crippen molar-refractivity contribution in [1.29, 1.82) is 0 Å². The molecule has 0 amide bonds. The Bertz CT molecular complexity index is 369. The highest BCUT2D eigenvalue weighted by molar-refractivity contribution is 6.32. The lowest BCUT2D eigenvalue weighted by atomic mass is 10.3. The Morgan fingerprint density at radius 1 is 1.47 bits per heavy atom. The highest BCUT2D eigenvalue weighted by Crippen LogP contribution is 2.33. The van der Waals surface area contributed by atoms with E-state index in [2.05, 4.69) is 9.72 Å². The van der Waals surface area contributed by atoms with E-state index in [1.165, 1.54) is 0 Å². The van der Waals surface area contributed by atoms with Gasteiger partial charge in [0.25, 0.3) is 0 Å². The van der Waals surface area contributed by atoms with Crippen molar-refractivity contribution in [2.75, 3.05) is 5.73 Å². The number of halogens is 4. The summed E-state index contributed by atoms with van der Waals surface area (Å²) in [5.41, 5.74) is 10.3. The van der Waals surface area contributed by atoms with E-state index >= 15 is 0 Å². The third kappa shape index (κ3) is 3.14. The van der Waals surface area contributed by atoms with Crippen LogP contribution in [0.4, 0.5) is 19.0 Å². The second-order valence-corrected chi connectivity index (χ2v) is 2.96. The van der Waals surface area contributed by atoms with Crippen LogP contribution in [0.25, 0.3) is 0 Å². The van der Waals surface area contributed by atoms with E-state index in [9.17, 15) is 13.2 Å². The van der Waals surface area contributed by atoms with Crippen molar-refractivity contribution in [3.8, 4) is 5.75 Å². The maximum absolute atomic E-state index is 12.0. The van der Waals surface area contributed by atoms with Crippen molar-refractivity contribution < 1.29 is 17.9 Å². The summed E-state index contributed by atoms with van der Waals surface area (Å²) in [5.74, 6) is -0.629. The lowest BCUT2D eigenvalue weighted by Gasteiger charge is -2.13. The highest BCUT2D eigenvalue weighted by Gasteiger charge is 2.33. The molecule has 0 saturated carbocycles. The average Bonchev–Trinajstić information content (AvgIpc) is 2.07. The molecule has 0 atom stereocenters. The molecule has 0 aliphatic heterocycles. The van der Waals surface area contributed by atoms with Gasteiger partial charge in [-0.2, -0.15) is 0 Å². The quantitative estimate of drug-likeness (QED) is 0.826. The van der Waals surface area contributed by atoms with Crippen molar-refractivity contribution >= 4 is 17.4 Å². The first kappa shape index (κ1) is 11.9. The Morgan fingerprint density at radius 3 is 2.53 bits per heavy atom. The molecule has 1 heterocycles. The summed E-state index contributed by atoms with van der Waals surface area (Å²) in [6.45, 7) is -0.254. The van der Waals surface area contributed by atoms with Crippen LogP contribution in [0.1, 0.15) is 5.69 Å². The third-order valence-electron chi connectivity index (χ3n) is 1.43. The lowest BCUT2D eigenvalue weighted by Crippen LogP contribution is -2.20. The molecule has 0 radical (unpaired) electrons. The van der Waals surface area contributed by atoms with Gasteiger partial charge in [0.15, 0.2) is 5.75 Å². The topological polar surface area (TPSA) is 74.2 Å². The third-order valence-corrected chi connectivity index (χ3v) is 1.71. The molecule has 0 spiro atoms. The minimum absolute atomic E-state index is 0.0185. The molecule has 0 aromatic carbocycles. The maximum Gasteiger partial charge on any atom is 0.573 e. The molecule has 4 nitrogen and oxygen atoms in total. The zero-order valence-electron chi connectivity index (χ0n) is 7.31. The minimum atomic E-state index is -4.84.